The van der Waals surface area contributed by atoms with E-state index in [1.807, 2.05) is 6.20 Å². The van der Waals surface area contributed by atoms with Crippen LogP contribution in [0.5, 0.6) is 11.5 Å². The maximum absolute atomic E-state index is 7.12. The number of rotatable bonds is 12. The lowest BCUT2D eigenvalue weighted by Crippen LogP contribution is -2.33. The Hall–Kier alpha value is -7.50. The third-order valence-corrected chi connectivity index (χ3v) is 14.8. The molecule has 10 aromatic rings. The van der Waals surface area contributed by atoms with Gasteiger partial charge in [-0.1, -0.05) is 185 Å². The Balaban J connectivity index is 1.17. The van der Waals surface area contributed by atoms with Gasteiger partial charge < -0.3 is 4.74 Å². The van der Waals surface area contributed by atoms with E-state index in [1.165, 1.54) is 44.3 Å². The van der Waals surface area contributed by atoms with E-state index in [1.54, 1.807) is 0 Å². The SMILES string of the molecule is CC(C)c1cccc(C(C)C)c1-c1cn(-c2cc(Oc3ccc4c5ccccc5n(-c5cc(C(C)(C)C)ccn5)c4c3)cc(C(C)(C)c3ccccc3)c2)[c-][n+]1-c1cccc(C(C)(C)c2ccccc2)c1. The molecule has 356 valence electrons. The fourth-order valence-corrected chi connectivity index (χ4v) is 10.3. The first-order valence-corrected chi connectivity index (χ1v) is 25.2. The number of fused-ring (bicyclic) bond motifs is 3. The van der Waals surface area contributed by atoms with Gasteiger partial charge in [0.2, 0.25) is 0 Å². The Kier molecular flexibility index (Phi) is 12.2. The summed E-state index contributed by atoms with van der Waals surface area (Å²) in [6, 6.07) is 63.5. The van der Waals surface area contributed by atoms with Gasteiger partial charge in [0.1, 0.15) is 17.3 Å². The van der Waals surface area contributed by atoms with Crippen LogP contribution in [0, 0.1) is 6.33 Å². The van der Waals surface area contributed by atoms with E-state index in [4.69, 9.17) is 9.72 Å². The zero-order valence-electron chi connectivity index (χ0n) is 43.2. The Morgan fingerprint density at radius 3 is 1.77 bits per heavy atom. The van der Waals surface area contributed by atoms with Crippen molar-refractivity contribution in [1.29, 1.82) is 0 Å². The van der Waals surface area contributed by atoms with Crippen LogP contribution in [-0.2, 0) is 16.2 Å². The van der Waals surface area contributed by atoms with Crippen molar-refractivity contribution in [1.82, 2.24) is 14.1 Å². The number of imidazole rings is 1. The third kappa shape index (κ3) is 8.88. The molecule has 0 N–H and O–H groups in total. The van der Waals surface area contributed by atoms with Gasteiger partial charge in [0.05, 0.1) is 28.1 Å². The highest BCUT2D eigenvalue weighted by molar-refractivity contribution is 6.09. The predicted molar refractivity (Wildman–Crippen MR) is 294 cm³/mol. The largest absolute Gasteiger partial charge is 0.458 e. The van der Waals surface area contributed by atoms with E-state index in [0.29, 0.717) is 11.8 Å². The number of benzene rings is 7. The van der Waals surface area contributed by atoms with Crippen molar-refractivity contribution in [3.05, 3.63) is 234 Å². The molecule has 5 nitrogen and oxygen atoms in total. The van der Waals surface area contributed by atoms with E-state index >= 15 is 0 Å². The molecule has 0 saturated carbocycles. The summed E-state index contributed by atoms with van der Waals surface area (Å²) in [7, 11) is 0. The summed E-state index contributed by atoms with van der Waals surface area (Å²) in [5.74, 6) is 2.97. The summed E-state index contributed by atoms with van der Waals surface area (Å²) >= 11 is 0. The summed E-state index contributed by atoms with van der Waals surface area (Å²) in [5, 5.41) is 2.32. The molecule has 5 heteroatoms. The Morgan fingerprint density at radius 1 is 0.507 bits per heavy atom. The minimum absolute atomic E-state index is 0.0317. The molecule has 0 unspecified atom stereocenters. The van der Waals surface area contributed by atoms with Crippen LogP contribution in [0.25, 0.3) is 50.3 Å². The van der Waals surface area contributed by atoms with Crippen LogP contribution < -0.4 is 9.30 Å². The molecule has 0 amide bonds. The normalized spacial score (nSPS) is 12.4. The van der Waals surface area contributed by atoms with Crippen molar-refractivity contribution >= 4 is 21.8 Å². The molecule has 3 heterocycles. The van der Waals surface area contributed by atoms with Crippen molar-refractivity contribution in [3.8, 4) is 39.9 Å². The lowest BCUT2D eigenvalue weighted by Gasteiger charge is -2.27. The van der Waals surface area contributed by atoms with Crippen LogP contribution in [0.2, 0.25) is 0 Å². The molecule has 0 spiro atoms. The Bertz CT molecular complexity index is 3520. The van der Waals surface area contributed by atoms with Crippen LogP contribution >= 0.6 is 0 Å². The first kappa shape index (κ1) is 47.2. The number of hydrogen-bond donors (Lipinski definition) is 0. The summed E-state index contributed by atoms with van der Waals surface area (Å²) in [5.41, 5.74) is 14.6. The van der Waals surface area contributed by atoms with Crippen LogP contribution in [0.4, 0.5) is 0 Å². The fraction of sp³-hybridized carbons (Fsp3) is 0.242. The number of nitrogens with zero attached hydrogens (tertiary/aromatic N) is 4. The highest BCUT2D eigenvalue weighted by atomic mass is 16.5. The van der Waals surface area contributed by atoms with Gasteiger partial charge in [-0.05, 0) is 122 Å². The maximum Gasteiger partial charge on any atom is 0.269 e. The van der Waals surface area contributed by atoms with E-state index in [-0.39, 0.29) is 16.2 Å². The lowest BCUT2D eigenvalue weighted by molar-refractivity contribution is -0.588. The van der Waals surface area contributed by atoms with Crippen molar-refractivity contribution in [3.63, 3.8) is 0 Å². The minimum atomic E-state index is -0.367. The maximum atomic E-state index is 7.12. The molecule has 0 atom stereocenters. The molecule has 0 bridgehead atoms. The molecule has 0 aliphatic rings. The molecule has 0 aliphatic carbocycles. The smallest absolute Gasteiger partial charge is 0.269 e. The van der Waals surface area contributed by atoms with Gasteiger partial charge in [-0.15, -0.1) is 0 Å². The second-order valence-corrected chi connectivity index (χ2v) is 22.0. The summed E-state index contributed by atoms with van der Waals surface area (Å²) in [6.45, 7) is 25.2. The standard InChI is InChI=1S/C66H66N4O/c1-44(2)55-29-21-30-56(45(3)4)63(55)61-42-68(43-69(61)51-27-20-26-49(36-51)65(8,9)46-22-14-12-15-23-46)52-37-50(66(10,11)47-24-16-13-17-25-47)38-54(40-52)71-53-32-33-58-57-28-18-19-31-59(57)70(60(58)41-53)62-39-48(34-35-67-62)64(5,6)7/h12-42,44-45H,1-11H3. The topological polar surface area (TPSA) is 35.9 Å². The van der Waals surface area contributed by atoms with Gasteiger partial charge in [0.25, 0.3) is 6.33 Å². The molecule has 7 aromatic carbocycles. The molecule has 0 radical (unpaired) electrons. The predicted octanol–water partition coefficient (Wildman–Crippen LogP) is 16.7. The molecule has 0 fully saturated rings. The molecule has 3 aromatic heterocycles. The van der Waals surface area contributed by atoms with Crippen molar-refractivity contribution in [2.45, 2.75) is 104 Å². The quantitative estimate of drug-likeness (QED) is 0.0904. The van der Waals surface area contributed by atoms with Gasteiger partial charge in [-0.25, -0.2) is 4.98 Å². The Morgan fingerprint density at radius 2 is 1.11 bits per heavy atom. The number of aromatic nitrogens is 4. The molecular formula is C66H66N4O. The van der Waals surface area contributed by atoms with Gasteiger partial charge in [-0.2, -0.15) is 0 Å². The monoisotopic (exact) mass is 931 g/mol. The minimum Gasteiger partial charge on any atom is -0.458 e. The summed E-state index contributed by atoms with van der Waals surface area (Å²) < 4.78 is 13.9. The Labute approximate surface area is 421 Å². The number of hydrogen-bond acceptors (Lipinski definition) is 2. The van der Waals surface area contributed by atoms with Gasteiger partial charge in [0, 0.05) is 40.1 Å². The van der Waals surface area contributed by atoms with Crippen LogP contribution in [0.15, 0.2) is 188 Å². The zero-order chi connectivity index (χ0) is 49.8. The van der Waals surface area contributed by atoms with Gasteiger partial charge in [-0.3, -0.25) is 13.7 Å². The van der Waals surface area contributed by atoms with Gasteiger partial charge >= 0.3 is 0 Å². The van der Waals surface area contributed by atoms with E-state index in [9.17, 15) is 0 Å². The average molecular weight is 931 g/mol. The molecule has 0 aliphatic heterocycles. The van der Waals surface area contributed by atoms with E-state index < -0.39 is 0 Å². The van der Waals surface area contributed by atoms with Crippen LogP contribution in [0.3, 0.4) is 0 Å². The highest BCUT2D eigenvalue weighted by Gasteiger charge is 2.28. The van der Waals surface area contributed by atoms with E-state index in [2.05, 4.69) is 278 Å². The summed E-state index contributed by atoms with van der Waals surface area (Å²) in [6.07, 6.45) is 8.13. The lowest BCUT2D eigenvalue weighted by atomic mass is 9.78. The first-order chi connectivity index (χ1) is 34.0. The second-order valence-electron chi connectivity index (χ2n) is 22.0. The number of ether oxygens (including phenoxy) is 1. The van der Waals surface area contributed by atoms with Crippen molar-refractivity contribution in [2.24, 2.45) is 0 Å². The number of para-hydroxylation sites is 1. The molecule has 71 heavy (non-hydrogen) atoms. The third-order valence-electron chi connectivity index (χ3n) is 14.8. The second kappa shape index (κ2) is 18.4. The average Bonchev–Trinajstić information content (AvgIpc) is 3.96. The van der Waals surface area contributed by atoms with E-state index in [0.717, 1.165) is 56.4 Å². The van der Waals surface area contributed by atoms with Crippen molar-refractivity contribution in [2.75, 3.05) is 0 Å². The first-order valence-electron chi connectivity index (χ1n) is 25.2. The highest BCUT2D eigenvalue weighted by Crippen LogP contribution is 2.41. The molecule has 0 saturated heterocycles. The fourth-order valence-electron chi connectivity index (χ4n) is 10.3. The van der Waals surface area contributed by atoms with Crippen molar-refractivity contribution < 1.29 is 9.30 Å². The van der Waals surface area contributed by atoms with Crippen LogP contribution in [0.1, 0.15) is 127 Å². The molecular weight excluding hydrogens is 865 g/mol. The zero-order valence-corrected chi connectivity index (χ0v) is 43.2. The van der Waals surface area contributed by atoms with Gasteiger partial charge in [0.15, 0.2) is 0 Å². The van der Waals surface area contributed by atoms with Crippen LogP contribution in [-0.4, -0.2) is 14.1 Å². The molecule has 10 rings (SSSR count). The summed E-state index contributed by atoms with van der Waals surface area (Å²) in [4.78, 5) is 4.95. The number of pyridine rings is 1.